The van der Waals surface area contributed by atoms with Crippen LogP contribution in [0.2, 0.25) is 0 Å². The second-order valence-electron chi connectivity index (χ2n) is 6.62. The molecule has 3 heterocycles. The van der Waals surface area contributed by atoms with Crippen molar-refractivity contribution in [3.05, 3.63) is 79.0 Å². The number of nitrogens with zero attached hydrogens (tertiary/aromatic N) is 4. The van der Waals surface area contributed by atoms with Crippen molar-refractivity contribution in [1.82, 2.24) is 19.7 Å². The minimum Gasteiger partial charge on any atom is -0.495 e. The van der Waals surface area contributed by atoms with Crippen LogP contribution in [0.5, 0.6) is 11.5 Å². The van der Waals surface area contributed by atoms with Crippen LogP contribution in [-0.4, -0.2) is 38.6 Å². The molecule has 0 radical (unpaired) electrons. The highest BCUT2D eigenvalue weighted by Gasteiger charge is 2.13. The molecular weight excluding hydrogens is 380 g/mol. The topological polar surface area (TPSA) is 82.3 Å². The third-order valence-corrected chi connectivity index (χ3v) is 4.63. The Balaban J connectivity index is 1.53. The normalized spacial score (nSPS) is 10.7. The van der Waals surface area contributed by atoms with E-state index in [4.69, 9.17) is 9.47 Å². The predicted molar refractivity (Wildman–Crippen MR) is 113 cm³/mol. The summed E-state index contributed by atoms with van der Waals surface area (Å²) < 4.78 is 12.7. The zero-order chi connectivity index (χ0) is 20.8. The number of aliphatic hydroxyl groups is 1. The van der Waals surface area contributed by atoms with Crippen molar-refractivity contribution < 1.29 is 14.6 Å². The van der Waals surface area contributed by atoms with Crippen molar-refractivity contribution in [2.75, 3.05) is 13.7 Å². The lowest BCUT2D eigenvalue weighted by molar-refractivity contribution is 0.269. The summed E-state index contributed by atoms with van der Waals surface area (Å²) >= 11 is 0. The van der Waals surface area contributed by atoms with Gasteiger partial charge in [-0.25, -0.2) is 0 Å². The minimum atomic E-state index is 0.0308. The van der Waals surface area contributed by atoms with Crippen molar-refractivity contribution in [2.24, 2.45) is 0 Å². The average molecular weight is 402 g/mol. The van der Waals surface area contributed by atoms with Crippen LogP contribution in [0.25, 0.3) is 22.4 Å². The van der Waals surface area contributed by atoms with E-state index < -0.39 is 0 Å². The second kappa shape index (κ2) is 9.19. The van der Waals surface area contributed by atoms with E-state index in [1.807, 2.05) is 54.7 Å². The Morgan fingerprint density at radius 1 is 0.933 bits per heavy atom. The van der Waals surface area contributed by atoms with E-state index >= 15 is 0 Å². The third-order valence-electron chi connectivity index (χ3n) is 4.63. The Morgan fingerprint density at radius 2 is 1.70 bits per heavy atom. The Hall–Kier alpha value is -3.71. The highest BCUT2D eigenvalue weighted by atomic mass is 16.5. The monoisotopic (exact) mass is 402 g/mol. The van der Waals surface area contributed by atoms with Crippen molar-refractivity contribution in [3.8, 4) is 33.9 Å². The van der Waals surface area contributed by atoms with Gasteiger partial charge in [0.2, 0.25) is 0 Å². The standard InChI is InChI=1S/C23H22N4O3/c1-29-21-7-4-19(25-14-21)16-30-20-5-2-18(3-6-20)23-22(15-27(26-23)12-13-28)17-8-10-24-11-9-17/h2-11,14-15,28H,12-13,16H2,1H3. The number of hydrogen-bond acceptors (Lipinski definition) is 6. The van der Waals surface area contributed by atoms with Gasteiger partial charge in [0.05, 0.1) is 32.2 Å². The molecule has 0 spiro atoms. The fourth-order valence-electron chi connectivity index (χ4n) is 3.08. The zero-order valence-corrected chi connectivity index (χ0v) is 16.6. The maximum atomic E-state index is 9.28. The average Bonchev–Trinajstić information content (AvgIpc) is 3.23. The summed E-state index contributed by atoms with van der Waals surface area (Å²) in [6.07, 6.45) is 7.13. The quantitative estimate of drug-likeness (QED) is 0.485. The zero-order valence-electron chi connectivity index (χ0n) is 16.6. The first kappa shape index (κ1) is 19.6. The summed E-state index contributed by atoms with van der Waals surface area (Å²) in [5, 5.41) is 13.9. The number of pyridine rings is 2. The fraction of sp³-hybridized carbons (Fsp3) is 0.174. The van der Waals surface area contributed by atoms with Crippen molar-refractivity contribution >= 4 is 0 Å². The van der Waals surface area contributed by atoms with E-state index in [0.29, 0.717) is 18.9 Å². The molecule has 152 valence electrons. The van der Waals surface area contributed by atoms with E-state index in [1.165, 1.54) is 0 Å². The Bertz CT molecular complexity index is 1080. The smallest absolute Gasteiger partial charge is 0.137 e. The number of methoxy groups -OCH3 is 1. The summed E-state index contributed by atoms with van der Waals surface area (Å²) in [6, 6.07) is 15.4. The second-order valence-corrected chi connectivity index (χ2v) is 6.62. The molecule has 0 aliphatic rings. The number of rotatable bonds is 8. The number of ether oxygens (including phenoxy) is 2. The molecule has 30 heavy (non-hydrogen) atoms. The van der Waals surface area contributed by atoms with Crippen molar-refractivity contribution in [3.63, 3.8) is 0 Å². The van der Waals surface area contributed by atoms with E-state index in [0.717, 1.165) is 33.8 Å². The highest BCUT2D eigenvalue weighted by Crippen LogP contribution is 2.31. The SMILES string of the molecule is COc1ccc(COc2ccc(-c3nn(CCO)cc3-c3ccncc3)cc2)nc1. The van der Waals surface area contributed by atoms with Crippen molar-refractivity contribution in [2.45, 2.75) is 13.2 Å². The number of aromatic nitrogens is 4. The molecule has 0 fully saturated rings. The van der Waals surface area contributed by atoms with E-state index in [1.54, 1.807) is 30.4 Å². The maximum absolute atomic E-state index is 9.28. The van der Waals surface area contributed by atoms with Crippen molar-refractivity contribution in [1.29, 1.82) is 0 Å². The molecule has 1 N–H and O–H groups in total. The Labute approximate surface area is 174 Å². The van der Waals surface area contributed by atoms with Gasteiger partial charge in [-0.1, -0.05) is 0 Å². The molecular formula is C23H22N4O3. The lowest BCUT2D eigenvalue weighted by Crippen LogP contribution is -2.02. The molecule has 0 saturated heterocycles. The largest absolute Gasteiger partial charge is 0.495 e. The molecule has 1 aromatic carbocycles. The summed E-state index contributed by atoms with van der Waals surface area (Å²) in [6.45, 7) is 0.841. The first-order valence-corrected chi connectivity index (χ1v) is 9.57. The summed E-state index contributed by atoms with van der Waals surface area (Å²) in [4.78, 5) is 8.39. The highest BCUT2D eigenvalue weighted by molar-refractivity contribution is 5.80. The van der Waals surface area contributed by atoms with Crippen LogP contribution in [-0.2, 0) is 13.2 Å². The van der Waals surface area contributed by atoms with Gasteiger partial charge < -0.3 is 14.6 Å². The van der Waals surface area contributed by atoms with Crippen LogP contribution >= 0.6 is 0 Å². The molecule has 7 nitrogen and oxygen atoms in total. The first-order chi connectivity index (χ1) is 14.8. The number of hydrogen-bond donors (Lipinski definition) is 1. The Morgan fingerprint density at radius 3 is 2.37 bits per heavy atom. The van der Waals surface area contributed by atoms with Gasteiger partial charge >= 0.3 is 0 Å². The van der Waals surface area contributed by atoms with Crippen LogP contribution in [0.4, 0.5) is 0 Å². The summed E-state index contributed by atoms with van der Waals surface area (Å²) in [5.74, 6) is 1.46. The number of benzene rings is 1. The molecule has 0 amide bonds. The molecule has 0 aliphatic heterocycles. The minimum absolute atomic E-state index is 0.0308. The summed E-state index contributed by atoms with van der Waals surface area (Å²) in [7, 11) is 1.61. The van der Waals surface area contributed by atoms with Gasteiger partial charge in [0.25, 0.3) is 0 Å². The van der Waals surface area contributed by atoms with Crippen LogP contribution in [0.15, 0.2) is 73.3 Å². The molecule has 0 atom stereocenters. The van der Waals surface area contributed by atoms with Gasteiger partial charge in [-0.3, -0.25) is 14.6 Å². The van der Waals surface area contributed by atoms with E-state index in [-0.39, 0.29) is 6.61 Å². The molecule has 0 unspecified atom stereocenters. The van der Waals surface area contributed by atoms with Crippen LogP contribution in [0.1, 0.15) is 5.69 Å². The predicted octanol–water partition coefficient (Wildman–Crippen LogP) is 3.59. The van der Waals surface area contributed by atoms with Crippen LogP contribution in [0, 0.1) is 0 Å². The van der Waals surface area contributed by atoms with E-state index in [2.05, 4.69) is 15.1 Å². The molecule has 4 aromatic rings. The summed E-state index contributed by atoms with van der Waals surface area (Å²) in [5.41, 5.74) is 4.64. The van der Waals surface area contributed by atoms with Gasteiger partial charge in [-0.05, 0) is 54.1 Å². The van der Waals surface area contributed by atoms with Gasteiger partial charge in [-0.15, -0.1) is 0 Å². The lowest BCUT2D eigenvalue weighted by Gasteiger charge is -2.08. The van der Waals surface area contributed by atoms with E-state index in [9.17, 15) is 5.11 Å². The lowest BCUT2D eigenvalue weighted by atomic mass is 10.0. The third kappa shape index (κ3) is 4.47. The molecule has 4 rings (SSSR count). The number of aliphatic hydroxyl groups excluding tert-OH is 1. The van der Waals surface area contributed by atoms with Crippen LogP contribution < -0.4 is 9.47 Å². The fourth-order valence-corrected chi connectivity index (χ4v) is 3.08. The van der Waals surface area contributed by atoms with Gasteiger partial charge in [0.15, 0.2) is 0 Å². The molecule has 3 aromatic heterocycles. The van der Waals surface area contributed by atoms with Gasteiger partial charge in [0.1, 0.15) is 23.8 Å². The Kier molecular flexibility index (Phi) is 6.01. The molecule has 0 saturated carbocycles. The first-order valence-electron chi connectivity index (χ1n) is 9.57. The van der Waals surface area contributed by atoms with Gasteiger partial charge in [0, 0.05) is 29.7 Å². The molecule has 0 aliphatic carbocycles. The maximum Gasteiger partial charge on any atom is 0.137 e. The molecule has 7 heteroatoms. The van der Waals surface area contributed by atoms with Crippen LogP contribution in [0.3, 0.4) is 0 Å². The molecule has 0 bridgehead atoms. The van der Waals surface area contributed by atoms with Gasteiger partial charge in [-0.2, -0.15) is 5.10 Å².